The predicted octanol–water partition coefficient (Wildman–Crippen LogP) is 7.88. The second-order valence-electron chi connectivity index (χ2n) is 20.8. The number of aliphatic hydroxyl groups is 1. The number of hydrogen-bond acceptors (Lipinski definition) is 8. The van der Waals surface area contributed by atoms with Crippen LogP contribution in [0.15, 0.2) is 134 Å². The Kier molecular flexibility index (Phi) is 14.3. The van der Waals surface area contributed by atoms with Gasteiger partial charge < -0.3 is 32.9 Å². The third-order valence-electron chi connectivity index (χ3n) is 13.3. The number of aliphatic hydroxyl groups excluding tert-OH is 1. The van der Waals surface area contributed by atoms with Gasteiger partial charge in [0.25, 0.3) is 16.6 Å². The van der Waals surface area contributed by atoms with Gasteiger partial charge in [-0.05, 0) is 64.4 Å². The molecule has 3 heterocycles. The van der Waals surface area contributed by atoms with Crippen molar-refractivity contribution in [1.29, 1.82) is 0 Å². The maximum absolute atomic E-state index is 12.8. The molecule has 9 atom stereocenters. The summed E-state index contributed by atoms with van der Waals surface area (Å²) in [7, 11) is -6.37. The van der Waals surface area contributed by atoms with Gasteiger partial charge in [0.05, 0.1) is 36.4 Å². The molecule has 10 heteroatoms. The van der Waals surface area contributed by atoms with Crippen LogP contribution in [0.5, 0.6) is 0 Å². The molecule has 63 heavy (non-hydrogen) atoms. The van der Waals surface area contributed by atoms with E-state index in [-0.39, 0.29) is 41.3 Å². The molecule has 1 unspecified atom stereocenters. The van der Waals surface area contributed by atoms with E-state index in [2.05, 4.69) is 169 Å². The van der Waals surface area contributed by atoms with Gasteiger partial charge >= 0.3 is 5.97 Å². The Morgan fingerprint density at radius 1 is 0.651 bits per heavy atom. The van der Waals surface area contributed by atoms with Crippen LogP contribution in [-0.4, -0.2) is 89.3 Å². The van der Waals surface area contributed by atoms with Gasteiger partial charge in [-0.25, -0.2) is 0 Å². The minimum absolute atomic E-state index is 0.187. The summed E-state index contributed by atoms with van der Waals surface area (Å²) in [4.78, 5) is 12.8. The maximum atomic E-state index is 12.8. The zero-order valence-electron chi connectivity index (χ0n) is 38.9. The van der Waals surface area contributed by atoms with Crippen molar-refractivity contribution in [2.75, 3.05) is 6.61 Å². The molecule has 3 aliphatic rings. The van der Waals surface area contributed by atoms with Crippen LogP contribution < -0.4 is 20.7 Å². The molecule has 3 saturated heterocycles. The van der Waals surface area contributed by atoms with Crippen molar-refractivity contribution >= 4 is 43.4 Å². The van der Waals surface area contributed by atoms with E-state index < -0.39 is 64.8 Å². The van der Waals surface area contributed by atoms with Gasteiger partial charge in [0.2, 0.25) is 0 Å². The molecule has 338 valence electrons. The molecule has 0 aliphatic carbocycles. The topological polar surface area (TPSA) is 92.7 Å². The normalized spacial score (nSPS) is 26.0. The highest BCUT2D eigenvalue weighted by atomic mass is 28.4. The summed E-state index contributed by atoms with van der Waals surface area (Å²) >= 11 is 0. The average Bonchev–Trinajstić information content (AvgIpc) is 3.59. The number of esters is 1. The predicted molar refractivity (Wildman–Crippen MR) is 256 cm³/mol. The molecular weight excluding hydrogens is 821 g/mol. The number of hydrogen-bond donors (Lipinski definition) is 1. The van der Waals surface area contributed by atoms with E-state index in [1.165, 1.54) is 0 Å². The second kappa shape index (κ2) is 19.0. The molecule has 4 aromatic rings. The first kappa shape index (κ1) is 47.3. The Labute approximate surface area is 378 Å². The fraction of sp³-hybridized carbons (Fsp3) is 0.491. The zero-order valence-corrected chi connectivity index (χ0v) is 40.9. The van der Waals surface area contributed by atoms with Gasteiger partial charge in [0, 0.05) is 12.8 Å². The Morgan fingerprint density at radius 3 is 1.49 bits per heavy atom. The molecule has 8 nitrogen and oxygen atoms in total. The summed E-state index contributed by atoms with van der Waals surface area (Å²) in [5, 5.41) is 15.3. The summed E-state index contributed by atoms with van der Waals surface area (Å²) in [5.41, 5.74) is -0.595. The minimum Gasteiger partial charge on any atom is -0.465 e. The van der Waals surface area contributed by atoms with Crippen LogP contribution in [0, 0.1) is 5.41 Å². The van der Waals surface area contributed by atoms with Gasteiger partial charge in [-0.1, -0.05) is 169 Å². The lowest BCUT2D eigenvalue weighted by Crippen LogP contribution is -2.73. The molecule has 0 bridgehead atoms. The number of ether oxygens (including phenoxy) is 4. The molecule has 1 N–H and O–H groups in total. The molecular formula is C53H70O8Si2. The Morgan fingerprint density at radius 2 is 1.08 bits per heavy atom. The molecule has 3 fully saturated rings. The Hall–Kier alpha value is -3.72. The summed E-state index contributed by atoms with van der Waals surface area (Å²) < 4.78 is 43.8. The number of carbonyl (C=O) groups excluding carboxylic acids is 1. The molecule has 4 aromatic carbocycles. The van der Waals surface area contributed by atoms with Gasteiger partial charge in [0.1, 0.15) is 30.5 Å². The molecule has 0 saturated carbocycles. The first-order valence-electron chi connectivity index (χ1n) is 22.9. The van der Waals surface area contributed by atoms with E-state index in [1.807, 2.05) is 20.8 Å². The summed E-state index contributed by atoms with van der Waals surface area (Å²) in [6.07, 6.45) is -0.892. The summed E-state index contributed by atoms with van der Waals surface area (Å²) in [6, 6.07) is 42.6. The van der Waals surface area contributed by atoms with Gasteiger partial charge in [-0.15, -0.1) is 6.58 Å². The standard InChI is InChI=1S/C53H70O8Si2/c1-11-37(54)36-44-46(60-62(52(5,6)7,39-24-16-12-17-25-39)40-26-18-13-19-27-40)47-48(59-44)49(45-43(58-47)33-32-38(57-45)34-35-56-50(55)51(2,3)4)61-63(53(8,9)10,41-28-20-14-21-29-41)42-30-22-15-23-31-42/h11-31,37-38,43-49,54H,1,32-36H2,2-10H3/t37?,38-,43+,44-,45+,46+,47+,48-,49+/m1/s1. The first-order chi connectivity index (χ1) is 29.9. The van der Waals surface area contributed by atoms with Crippen LogP contribution >= 0.6 is 0 Å². The van der Waals surface area contributed by atoms with Crippen molar-refractivity contribution < 1.29 is 37.7 Å². The van der Waals surface area contributed by atoms with Crippen LogP contribution in [0.25, 0.3) is 0 Å². The van der Waals surface area contributed by atoms with E-state index in [0.717, 1.165) is 33.6 Å². The van der Waals surface area contributed by atoms with Crippen molar-refractivity contribution in [2.45, 2.75) is 153 Å². The lowest BCUT2D eigenvalue weighted by atomic mass is 9.88. The quantitative estimate of drug-likeness (QED) is 0.0778. The fourth-order valence-electron chi connectivity index (χ4n) is 10.2. The zero-order chi connectivity index (χ0) is 45.2. The monoisotopic (exact) mass is 890 g/mol. The van der Waals surface area contributed by atoms with Gasteiger partial charge in [0.15, 0.2) is 0 Å². The average molecular weight is 891 g/mol. The SMILES string of the molecule is C=CC(O)C[C@H]1O[C@H]2[C@@H](O[Si](c3ccccc3)(c3ccccc3)C(C)(C)C)[C@H]3O[C@@H](CCOC(=O)C(C)(C)C)CC[C@@H]3O[C@H]2[C@H]1O[Si](c1ccccc1)(c1ccccc1)C(C)(C)C. The van der Waals surface area contributed by atoms with Crippen LogP contribution in [0.4, 0.5) is 0 Å². The maximum Gasteiger partial charge on any atom is 0.311 e. The van der Waals surface area contributed by atoms with Crippen molar-refractivity contribution in [2.24, 2.45) is 5.41 Å². The van der Waals surface area contributed by atoms with E-state index in [4.69, 9.17) is 27.8 Å². The summed E-state index contributed by atoms with van der Waals surface area (Å²) in [5.74, 6) is -0.230. The highest BCUT2D eigenvalue weighted by Gasteiger charge is 2.64. The molecule has 0 aromatic heterocycles. The van der Waals surface area contributed by atoms with Crippen LogP contribution in [0.2, 0.25) is 10.1 Å². The number of fused-ring (bicyclic) bond motifs is 2. The lowest BCUT2D eigenvalue weighted by Gasteiger charge is -2.53. The van der Waals surface area contributed by atoms with Crippen molar-refractivity contribution in [3.63, 3.8) is 0 Å². The highest BCUT2D eigenvalue weighted by molar-refractivity contribution is 7.00. The second-order valence-corrected chi connectivity index (χ2v) is 29.3. The van der Waals surface area contributed by atoms with Crippen LogP contribution in [-0.2, 0) is 32.6 Å². The first-order valence-corrected chi connectivity index (χ1v) is 26.7. The molecule has 3 aliphatic heterocycles. The third-order valence-corrected chi connectivity index (χ3v) is 23.4. The number of benzene rings is 4. The molecule has 0 spiro atoms. The van der Waals surface area contributed by atoms with Gasteiger partial charge in [-0.3, -0.25) is 4.79 Å². The van der Waals surface area contributed by atoms with Crippen molar-refractivity contribution in [3.05, 3.63) is 134 Å². The van der Waals surface area contributed by atoms with Crippen LogP contribution in [0.1, 0.15) is 88.0 Å². The van der Waals surface area contributed by atoms with Gasteiger partial charge in [-0.2, -0.15) is 0 Å². The molecule has 0 amide bonds. The number of rotatable bonds is 14. The summed E-state index contributed by atoms with van der Waals surface area (Å²) in [6.45, 7) is 23.5. The van der Waals surface area contributed by atoms with Crippen LogP contribution in [0.3, 0.4) is 0 Å². The molecule has 0 radical (unpaired) electrons. The largest absolute Gasteiger partial charge is 0.465 e. The van der Waals surface area contributed by atoms with Crippen molar-refractivity contribution in [1.82, 2.24) is 0 Å². The Balaban J connectivity index is 1.37. The lowest BCUT2D eigenvalue weighted by molar-refractivity contribution is -0.256. The van der Waals surface area contributed by atoms with Crippen molar-refractivity contribution in [3.8, 4) is 0 Å². The highest BCUT2D eigenvalue weighted by Crippen LogP contribution is 2.48. The third kappa shape index (κ3) is 9.52. The smallest absolute Gasteiger partial charge is 0.311 e. The van der Waals surface area contributed by atoms with E-state index in [1.54, 1.807) is 6.08 Å². The number of carbonyl (C=O) groups is 1. The Bertz CT molecular complexity index is 2020. The molecule has 7 rings (SSSR count). The minimum atomic E-state index is -3.20. The van der Waals surface area contributed by atoms with E-state index in [0.29, 0.717) is 6.42 Å². The fourth-order valence-corrected chi connectivity index (χ4v) is 19.6. The van der Waals surface area contributed by atoms with E-state index in [9.17, 15) is 9.90 Å². The van der Waals surface area contributed by atoms with E-state index >= 15 is 0 Å².